The van der Waals surface area contributed by atoms with E-state index in [1.807, 2.05) is 32.6 Å². The van der Waals surface area contributed by atoms with E-state index in [4.69, 9.17) is 9.47 Å². The van der Waals surface area contributed by atoms with Crippen molar-refractivity contribution in [2.45, 2.75) is 59.1 Å². The molecule has 1 rings (SSSR count). The lowest BCUT2D eigenvalue weighted by Gasteiger charge is -2.39. The van der Waals surface area contributed by atoms with E-state index >= 15 is 0 Å². The standard InChI is InChI=1S/C17H34N2O3/c1-7-21-11-10-18(6)13-15-8-9-19(14(2)12-15)16(20)22-17(3,4)5/h14-15H,7-13H2,1-6H3/t14-,15+/m1/s1. The highest BCUT2D eigenvalue weighted by molar-refractivity contribution is 5.68. The van der Waals surface area contributed by atoms with E-state index in [2.05, 4.69) is 18.9 Å². The third kappa shape index (κ3) is 6.97. The molecule has 130 valence electrons. The van der Waals surface area contributed by atoms with Crippen LogP contribution >= 0.6 is 0 Å². The Hall–Kier alpha value is -0.810. The van der Waals surface area contributed by atoms with Crippen LogP contribution in [0.2, 0.25) is 0 Å². The molecule has 1 saturated heterocycles. The van der Waals surface area contributed by atoms with Gasteiger partial charge in [0, 0.05) is 32.3 Å². The summed E-state index contributed by atoms with van der Waals surface area (Å²) in [6, 6.07) is 0.244. The van der Waals surface area contributed by atoms with Crippen LogP contribution in [0.1, 0.15) is 47.5 Å². The van der Waals surface area contributed by atoms with Crippen LogP contribution in [0.5, 0.6) is 0 Å². The largest absolute Gasteiger partial charge is 0.444 e. The number of nitrogens with zero attached hydrogens (tertiary/aromatic N) is 2. The Morgan fingerprint density at radius 3 is 2.59 bits per heavy atom. The Morgan fingerprint density at radius 1 is 1.36 bits per heavy atom. The number of likely N-dealkylation sites (tertiary alicyclic amines) is 1. The zero-order chi connectivity index (χ0) is 16.8. The van der Waals surface area contributed by atoms with Crippen LogP contribution < -0.4 is 0 Å². The van der Waals surface area contributed by atoms with Crippen molar-refractivity contribution < 1.29 is 14.3 Å². The van der Waals surface area contributed by atoms with Gasteiger partial charge in [-0.05, 0) is 60.4 Å². The fourth-order valence-corrected chi connectivity index (χ4v) is 2.92. The monoisotopic (exact) mass is 314 g/mol. The summed E-state index contributed by atoms with van der Waals surface area (Å²) >= 11 is 0. The highest BCUT2D eigenvalue weighted by Crippen LogP contribution is 2.25. The SMILES string of the molecule is CCOCCN(C)C[C@H]1CCN(C(=O)OC(C)(C)C)[C@H](C)C1. The molecule has 22 heavy (non-hydrogen) atoms. The minimum absolute atomic E-state index is 0.178. The van der Waals surface area contributed by atoms with Crippen molar-refractivity contribution in [3.8, 4) is 0 Å². The molecule has 1 aliphatic rings. The molecular weight excluding hydrogens is 280 g/mol. The molecule has 0 aromatic heterocycles. The van der Waals surface area contributed by atoms with Crippen molar-refractivity contribution in [3.63, 3.8) is 0 Å². The Kier molecular flexibility index (Phi) is 7.63. The Bertz CT molecular complexity index is 341. The molecule has 5 nitrogen and oxygen atoms in total. The van der Waals surface area contributed by atoms with E-state index in [1.165, 1.54) is 0 Å². The summed E-state index contributed by atoms with van der Waals surface area (Å²) in [5.41, 5.74) is -0.423. The van der Waals surface area contributed by atoms with E-state index in [-0.39, 0.29) is 12.1 Å². The topological polar surface area (TPSA) is 42.0 Å². The first kappa shape index (κ1) is 19.2. The van der Waals surface area contributed by atoms with Gasteiger partial charge in [0.25, 0.3) is 0 Å². The molecule has 1 amide bonds. The number of carbonyl (C=O) groups excluding carboxylic acids is 1. The van der Waals surface area contributed by atoms with Gasteiger partial charge in [0.1, 0.15) is 5.60 Å². The van der Waals surface area contributed by atoms with Crippen LogP contribution in [0.25, 0.3) is 0 Å². The molecule has 0 aromatic carbocycles. The van der Waals surface area contributed by atoms with E-state index in [9.17, 15) is 4.79 Å². The van der Waals surface area contributed by atoms with Crippen molar-refractivity contribution in [2.24, 2.45) is 5.92 Å². The normalized spacial score (nSPS) is 23.0. The van der Waals surface area contributed by atoms with Crippen molar-refractivity contribution >= 4 is 6.09 Å². The van der Waals surface area contributed by atoms with Gasteiger partial charge in [0.05, 0.1) is 6.61 Å². The van der Waals surface area contributed by atoms with E-state index in [0.29, 0.717) is 5.92 Å². The maximum absolute atomic E-state index is 12.2. The van der Waals surface area contributed by atoms with Crippen LogP contribution in [-0.2, 0) is 9.47 Å². The maximum atomic E-state index is 12.2. The lowest BCUT2D eigenvalue weighted by molar-refractivity contribution is 0.00515. The Balaban J connectivity index is 2.37. The summed E-state index contributed by atoms with van der Waals surface area (Å²) in [4.78, 5) is 16.4. The van der Waals surface area contributed by atoms with Crippen LogP contribution in [0.4, 0.5) is 4.79 Å². The summed E-state index contributed by atoms with van der Waals surface area (Å²) in [7, 11) is 2.14. The number of carbonyl (C=O) groups is 1. The molecule has 2 atom stereocenters. The molecule has 1 heterocycles. The number of likely N-dealkylation sites (N-methyl/N-ethyl adjacent to an activating group) is 1. The number of hydrogen-bond acceptors (Lipinski definition) is 4. The third-order valence-electron chi connectivity index (χ3n) is 4.00. The Labute approximate surface area is 135 Å². The first-order valence-electron chi connectivity index (χ1n) is 8.48. The predicted octanol–water partition coefficient (Wildman–Crippen LogP) is 2.99. The summed E-state index contributed by atoms with van der Waals surface area (Å²) in [5.74, 6) is 0.639. The molecule has 0 radical (unpaired) electrons. The fraction of sp³-hybridized carbons (Fsp3) is 0.941. The van der Waals surface area contributed by atoms with Gasteiger partial charge in [-0.2, -0.15) is 0 Å². The van der Waals surface area contributed by atoms with Gasteiger partial charge in [-0.1, -0.05) is 0 Å². The number of piperidine rings is 1. The second kappa shape index (κ2) is 8.73. The molecule has 0 unspecified atom stereocenters. The average molecular weight is 314 g/mol. The molecule has 5 heteroatoms. The lowest BCUT2D eigenvalue weighted by Crippen LogP contribution is -2.48. The molecule has 0 saturated carbocycles. The number of ether oxygens (including phenoxy) is 2. The van der Waals surface area contributed by atoms with Crippen molar-refractivity contribution in [1.29, 1.82) is 0 Å². The maximum Gasteiger partial charge on any atom is 0.410 e. The van der Waals surface area contributed by atoms with Crippen LogP contribution in [0.15, 0.2) is 0 Å². The second-order valence-corrected chi connectivity index (χ2v) is 7.37. The first-order valence-corrected chi connectivity index (χ1v) is 8.48. The quantitative estimate of drug-likeness (QED) is 0.707. The first-order chi connectivity index (χ1) is 10.2. The zero-order valence-corrected chi connectivity index (χ0v) is 15.2. The lowest BCUT2D eigenvalue weighted by atomic mass is 9.91. The highest BCUT2D eigenvalue weighted by atomic mass is 16.6. The van der Waals surface area contributed by atoms with Gasteiger partial charge in [0.2, 0.25) is 0 Å². The molecule has 1 aliphatic heterocycles. The molecule has 0 aliphatic carbocycles. The zero-order valence-electron chi connectivity index (χ0n) is 15.2. The number of amides is 1. The molecule has 0 aromatic rings. The second-order valence-electron chi connectivity index (χ2n) is 7.37. The summed E-state index contributed by atoms with van der Waals surface area (Å²) in [6.45, 7) is 14.3. The Morgan fingerprint density at radius 2 is 2.05 bits per heavy atom. The van der Waals surface area contributed by atoms with Crippen molar-refractivity contribution in [3.05, 3.63) is 0 Å². The van der Waals surface area contributed by atoms with E-state index < -0.39 is 5.60 Å². The number of hydrogen-bond donors (Lipinski definition) is 0. The van der Waals surface area contributed by atoms with Gasteiger partial charge in [-0.3, -0.25) is 0 Å². The van der Waals surface area contributed by atoms with E-state index in [1.54, 1.807) is 0 Å². The van der Waals surface area contributed by atoms with Crippen LogP contribution in [-0.4, -0.2) is 67.4 Å². The molecule has 0 bridgehead atoms. The van der Waals surface area contributed by atoms with Gasteiger partial charge in [-0.15, -0.1) is 0 Å². The van der Waals surface area contributed by atoms with Crippen molar-refractivity contribution in [1.82, 2.24) is 9.80 Å². The predicted molar refractivity (Wildman–Crippen MR) is 89.1 cm³/mol. The van der Waals surface area contributed by atoms with Crippen LogP contribution in [0, 0.1) is 5.92 Å². The molecular formula is C17H34N2O3. The third-order valence-corrected chi connectivity index (χ3v) is 4.00. The minimum atomic E-state index is -0.423. The smallest absolute Gasteiger partial charge is 0.410 e. The fourth-order valence-electron chi connectivity index (χ4n) is 2.92. The summed E-state index contributed by atoms with van der Waals surface area (Å²) in [5, 5.41) is 0. The minimum Gasteiger partial charge on any atom is -0.444 e. The molecule has 0 spiro atoms. The highest BCUT2D eigenvalue weighted by Gasteiger charge is 2.31. The molecule has 1 fully saturated rings. The summed E-state index contributed by atoms with van der Waals surface area (Å²) in [6.07, 6.45) is 1.91. The summed E-state index contributed by atoms with van der Waals surface area (Å²) < 4.78 is 10.9. The van der Waals surface area contributed by atoms with Crippen molar-refractivity contribution in [2.75, 3.05) is 39.9 Å². The average Bonchev–Trinajstić information content (AvgIpc) is 2.36. The van der Waals surface area contributed by atoms with Gasteiger partial charge in [0.15, 0.2) is 0 Å². The number of rotatable bonds is 6. The van der Waals surface area contributed by atoms with Crippen LogP contribution in [0.3, 0.4) is 0 Å². The van der Waals surface area contributed by atoms with Gasteiger partial charge in [-0.25, -0.2) is 4.79 Å². The molecule has 0 N–H and O–H groups in total. The van der Waals surface area contributed by atoms with Gasteiger partial charge < -0.3 is 19.3 Å². The van der Waals surface area contributed by atoms with Gasteiger partial charge >= 0.3 is 6.09 Å². The van der Waals surface area contributed by atoms with E-state index in [0.717, 1.165) is 45.7 Å².